The van der Waals surface area contributed by atoms with E-state index in [2.05, 4.69) is 24.1 Å². The molecule has 0 aromatic heterocycles. The van der Waals surface area contributed by atoms with Crippen molar-refractivity contribution in [3.63, 3.8) is 0 Å². The summed E-state index contributed by atoms with van der Waals surface area (Å²) in [6.07, 6.45) is 9.93. The van der Waals surface area contributed by atoms with Crippen molar-refractivity contribution >= 4 is 5.91 Å². The molecule has 20 heavy (non-hydrogen) atoms. The number of nitrogens with one attached hydrogen (secondary N) is 1. The first kappa shape index (κ1) is 13.1. The molecule has 0 spiro atoms. The molecule has 2 unspecified atom stereocenters. The van der Waals surface area contributed by atoms with Gasteiger partial charge in [-0.3, -0.25) is 10.1 Å². The van der Waals surface area contributed by atoms with Crippen molar-refractivity contribution in [2.45, 2.75) is 71.0 Å². The van der Waals surface area contributed by atoms with Gasteiger partial charge in [0.15, 0.2) is 0 Å². The number of rotatable bonds is 3. The molecule has 4 aliphatic carbocycles. The van der Waals surface area contributed by atoms with Crippen LogP contribution in [0.3, 0.4) is 0 Å². The van der Waals surface area contributed by atoms with Crippen LogP contribution in [0.2, 0.25) is 0 Å². The maximum Gasteiger partial charge on any atom is 0.238 e. The van der Waals surface area contributed by atoms with E-state index in [0.29, 0.717) is 23.9 Å². The minimum absolute atomic E-state index is 0.283. The van der Waals surface area contributed by atoms with E-state index in [0.717, 1.165) is 24.2 Å². The second-order valence-electron chi connectivity index (χ2n) is 8.06. The minimum atomic E-state index is 0.283. The fourth-order valence-corrected chi connectivity index (χ4v) is 6.38. The highest BCUT2D eigenvalue weighted by Crippen LogP contribution is 2.62. The lowest BCUT2D eigenvalue weighted by Gasteiger charge is -2.60. The maximum atomic E-state index is 12.3. The lowest BCUT2D eigenvalue weighted by atomic mass is 9.47. The van der Waals surface area contributed by atoms with Crippen LogP contribution in [-0.4, -0.2) is 29.6 Å². The highest BCUT2D eigenvalue weighted by atomic mass is 16.2. The van der Waals surface area contributed by atoms with Crippen molar-refractivity contribution in [2.75, 3.05) is 6.54 Å². The zero-order chi connectivity index (χ0) is 13.9. The third-order valence-corrected chi connectivity index (χ3v) is 6.89. The Labute approximate surface area is 122 Å². The highest BCUT2D eigenvalue weighted by Gasteiger charge is 2.55. The fourth-order valence-electron chi connectivity index (χ4n) is 6.38. The smallest absolute Gasteiger partial charge is 0.238 e. The van der Waals surface area contributed by atoms with E-state index in [-0.39, 0.29) is 6.17 Å². The SMILES string of the molecule is CCC1NCC(=O)N1C(C)C12CC3CC(CC(C3)C1)C2. The Morgan fingerprint density at radius 3 is 2.25 bits per heavy atom. The lowest BCUT2D eigenvalue weighted by Crippen LogP contribution is -2.58. The summed E-state index contributed by atoms with van der Waals surface area (Å²) in [6, 6.07) is 0.434. The van der Waals surface area contributed by atoms with Gasteiger partial charge in [0.2, 0.25) is 5.91 Å². The van der Waals surface area contributed by atoms with Crippen LogP contribution in [0.15, 0.2) is 0 Å². The van der Waals surface area contributed by atoms with E-state index in [9.17, 15) is 4.79 Å². The topological polar surface area (TPSA) is 32.3 Å². The molecule has 0 radical (unpaired) electrons. The Balaban J connectivity index is 1.61. The van der Waals surface area contributed by atoms with Crippen LogP contribution in [0.25, 0.3) is 0 Å². The molecule has 5 rings (SSSR count). The summed E-state index contributed by atoms with van der Waals surface area (Å²) >= 11 is 0. The van der Waals surface area contributed by atoms with Gasteiger partial charge in [-0.05, 0) is 75.0 Å². The van der Waals surface area contributed by atoms with Crippen LogP contribution in [-0.2, 0) is 4.79 Å². The third kappa shape index (κ3) is 1.78. The number of amides is 1. The van der Waals surface area contributed by atoms with Crippen LogP contribution in [0, 0.1) is 23.2 Å². The number of nitrogens with zero attached hydrogens (tertiary/aromatic N) is 1. The summed E-state index contributed by atoms with van der Waals surface area (Å²) < 4.78 is 0. The molecule has 112 valence electrons. The molecule has 5 fully saturated rings. The van der Waals surface area contributed by atoms with Gasteiger partial charge in [0.1, 0.15) is 0 Å². The summed E-state index contributed by atoms with van der Waals surface area (Å²) in [5.74, 6) is 3.23. The Kier molecular flexibility index (Phi) is 2.93. The van der Waals surface area contributed by atoms with Crippen LogP contribution in [0.5, 0.6) is 0 Å². The Hall–Kier alpha value is -0.570. The standard InChI is InChI=1S/C17H28N2O/c1-3-15-18-10-16(20)19(15)11(2)17-7-12-4-13(8-17)6-14(5-12)9-17/h11-15,18H,3-10H2,1-2H3. The van der Waals surface area contributed by atoms with Gasteiger partial charge in [-0.25, -0.2) is 0 Å². The monoisotopic (exact) mass is 276 g/mol. The van der Waals surface area contributed by atoms with Gasteiger partial charge >= 0.3 is 0 Å². The Morgan fingerprint density at radius 2 is 1.75 bits per heavy atom. The third-order valence-electron chi connectivity index (χ3n) is 6.89. The Morgan fingerprint density at radius 1 is 1.20 bits per heavy atom. The van der Waals surface area contributed by atoms with Crippen LogP contribution in [0.4, 0.5) is 0 Å². The van der Waals surface area contributed by atoms with Gasteiger partial charge in [0, 0.05) is 6.04 Å². The maximum absolute atomic E-state index is 12.3. The van der Waals surface area contributed by atoms with Gasteiger partial charge in [-0.15, -0.1) is 0 Å². The zero-order valence-corrected chi connectivity index (χ0v) is 12.9. The summed E-state index contributed by atoms with van der Waals surface area (Å²) in [5.41, 5.74) is 0.448. The number of hydrogen-bond donors (Lipinski definition) is 1. The van der Waals surface area contributed by atoms with Crippen molar-refractivity contribution in [3.05, 3.63) is 0 Å². The number of carbonyl (C=O) groups excluding carboxylic acids is 1. The second-order valence-corrected chi connectivity index (χ2v) is 8.06. The van der Waals surface area contributed by atoms with Gasteiger partial charge in [0.25, 0.3) is 0 Å². The average Bonchev–Trinajstić information content (AvgIpc) is 2.77. The molecule has 3 heteroatoms. The average molecular weight is 276 g/mol. The van der Waals surface area contributed by atoms with Gasteiger partial charge in [-0.1, -0.05) is 6.92 Å². The van der Waals surface area contributed by atoms with Crippen molar-refractivity contribution < 1.29 is 4.79 Å². The molecule has 3 nitrogen and oxygen atoms in total. The van der Waals surface area contributed by atoms with Gasteiger partial charge in [-0.2, -0.15) is 0 Å². The first-order valence-corrected chi connectivity index (χ1v) is 8.66. The molecule has 1 aliphatic heterocycles. The molecular formula is C17H28N2O. The van der Waals surface area contributed by atoms with Crippen LogP contribution in [0.1, 0.15) is 58.8 Å². The number of carbonyl (C=O) groups is 1. The molecule has 1 saturated heterocycles. The van der Waals surface area contributed by atoms with E-state index >= 15 is 0 Å². The fraction of sp³-hybridized carbons (Fsp3) is 0.941. The molecule has 1 heterocycles. The summed E-state index contributed by atoms with van der Waals surface area (Å²) in [6.45, 7) is 5.09. The zero-order valence-electron chi connectivity index (χ0n) is 12.9. The van der Waals surface area contributed by atoms with E-state index in [4.69, 9.17) is 0 Å². The van der Waals surface area contributed by atoms with Crippen molar-refractivity contribution in [1.82, 2.24) is 10.2 Å². The molecular weight excluding hydrogens is 248 g/mol. The normalized spacial score (nSPS) is 48.1. The first-order valence-electron chi connectivity index (χ1n) is 8.66. The van der Waals surface area contributed by atoms with Crippen molar-refractivity contribution in [1.29, 1.82) is 0 Å². The molecule has 5 aliphatic rings. The molecule has 1 N–H and O–H groups in total. The minimum Gasteiger partial charge on any atom is -0.323 e. The summed E-state index contributed by atoms with van der Waals surface area (Å²) in [4.78, 5) is 14.6. The first-order chi connectivity index (χ1) is 9.61. The summed E-state index contributed by atoms with van der Waals surface area (Å²) in [5, 5.41) is 3.40. The quantitative estimate of drug-likeness (QED) is 0.859. The predicted octanol–water partition coefficient (Wildman–Crippen LogP) is 2.76. The number of hydrogen-bond acceptors (Lipinski definition) is 2. The molecule has 0 aromatic rings. The van der Waals surface area contributed by atoms with E-state index in [1.165, 1.54) is 38.5 Å². The van der Waals surface area contributed by atoms with Crippen molar-refractivity contribution in [2.24, 2.45) is 23.2 Å². The predicted molar refractivity (Wildman–Crippen MR) is 79.0 cm³/mol. The lowest BCUT2D eigenvalue weighted by molar-refractivity contribution is -0.142. The molecule has 2 atom stereocenters. The van der Waals surface area contributed by atoms with Crippen LogP contribution < -0.4 is 5.32 Å². The largest absolute Gasteiger partial charge is 0.323 e. The summed E-state index contributed by atoms with van der Waals surface area (Å²) in [7, 11) is 0. The molecule has 1 amide bonds. The van der Waals surface area contributed by atoms with Crippen molar-refractivity contribution in [3.8, 4) is 0 Å². The molecule has 4 saturated carbocycles. The van der Waals surface area contributed by atoms with Gasteiger partial charge < -0.3 is 4.90 Å². The molecule has 0 aromatic carbocycles. The van der Waals surface area contributed by atoms with E-state index in [1.54, 1.807) is 0 Å². The van der Waals surface area contributed by atoms with E-state index in [1.807, 2.05) is 0 Å². The second kappa shape index (κ2) is 4.46. The van der Waals surface area contributed by atoms with E-state index < -0.39 is 0 Å². The Bertz CT molecular complexity index is 384. The highest BCUT2D eigenvalue weighted by molar-refractivity contribution is 5.81. The van der Waals surface area contributed by atoms with Crippen LogP contribution >= 0.6 is 0 Å². The molecule has 4 bridgehead atoms. The van der Waals surface area contributed by atoms with Gasteiger partial charge in [0.05, 0.1) is 12.7 Å².